The SMILES string of the molecule is Cc1cc(C2CCN(C3CCN(CC(C)C)CC3)CC2)cc2[nH]c(-c3nccs3)nc12. The maximum absolute atomic E-state index is 4.82. The maximum atomic E-state index is 4.82. The third-order valence-corrected chi connectivity index (χ3v) is 7.91. The highest BCUT2D eigenvalue weighted by atomic mass is 32.1. The molecule has 0 amide bonds. The van der Waals surface area contributed by atoms with E-state index in [1.165, 1.54) is 69.5 Å². The van der Waals surface area contributed by atoms with Crippen molar-refractivity contribution in [1.29, 1.82) is 0 Å². The average molecular weight is 438 g/mol. The maximum Gasteiger partial charge on any atom is 0.167 e. The molecule has 0 atom stereocenters. The number of aryl methyl sites for hydroxylation is 1. The van der Waals surface area contributed by atoms with Crippen molar-refractivity contribution in [3.8, 4) is 10.8 Å². The van der Waals surface area contributed by atoms with Crippen LogP contribution in [0.4, 0.5) is 0 Å². The van der Waals surface area contributed by atoms with Gasteiger partial charge in [-0.2, -0.15) is 0 Å². The van der Waals surface area contributed by atoms with Crippen LogP contribution in [-0.2, 0) is 0 Å². The highest BCUT2D eigenvalue weighted by Crippen LogP contribution is 2.34. The number of piperidine rings is 2. The van der Waals surface area contributed by atoms with Crippen LogP contribution in [0.2, 0.25) is 0 Å². The van der Waals surface area contributed by atoms with Crippen LogP contribution in [0.15, 0.2) is 23.7 Å². The van der Waals surface area contributed by atoms with Crippen molar-refractivity contribution in [3.63, 3.8) is 0 Å². The molecule has 0 aliphatic carbocycles. The molecular weight excluding hydrogens is 402 g/mol. The number of fused-ring (bicyclic) bond motifs is 1. The molecule has 5 nitrogen and oxygen atoms in total. The molecule has 0 saturated carbocycles. The highest BCUT2D eigenvalue weighted by Gasteiger charge is 2.29. The number of nitrogens with one attached hydrogen (secondary N) is 1. The van der Waals surface area contributed by atoms with Crippen molar-refractivity contribution in [1.82, 2.24) is 24.8 Å². The van der Waals surface area contributed by atoms with Crippen LogP contribution >= 0.6 is 11.3 Å². The van der Waals surface area contributed by atoms with Gasteiger partial charge in [-0.3, -0.25) is 0 Å². The Kier molecular flexibility index (Phi) is 6.13. The molecule has 0 bridgehead atoms. The number of imidazole rings is 1. The lowest BCUT2D eigenvalue weighted by Gasteiger charge is -2.42. The van der Waals surface area contributed by atoms with Crippen molar-refractivity contribution in [3.05, 3.63) is 34.8 Å². The van der Waals surface area contributed by atoms with Crippen molar-refractivity contribution in [2.75, 3.05) is 32.7 Å². The zero-order chi connectivity index (χ0) is 21.4. The second-order valence-electron chi connectivity index (χ2n) is 9.89. The molecule has 2 aliphatic heterocycles. The number of rotatable bonds is 5. The molecule has 31 heavy (non-hydrogen) atoms. The Labute approximate surface area is 189 Å². The standard InChI is InChI=1S/C25H35N5S/c1-17(2)16-29-9-6-21(7-10-29)30-11-4-19(5-12-30)20-14-18(3)23-22(15-20)27-24(28-23)25-26-8-13-31-25/h8,13-15,17,19,21H,4-7,9-12,16H2,1-3H3,(H,27,28). The first-order valence-electron chi connectivity index (χ1n) is 11.9. The Morgan fingerprint density at radius 2 is 1.87 bits per heavy atom. The van der Waals surface area contributed by atoms with Crippen molar-refractivity contribution in [2.24, 2.45) is 5.92 Å². The molecule has 2 fully saturated rings. The van der Waals surface area contributed by atoms with Gasteiger partial charge in [0, 0.05) is 24.2 Å². The minimum Gasteiger partial charge on any atom is -0.336 e. The number of benzene rings is 1. The van der Waals surface area contributed by atoms with Crippen LogP contribution in [0.25, 0.3) is 21.9 Å². The summed E-state index contributed by atoms with van der Waals surface area (Å²) in [6.07, 6.45) is 7.06. The van der Waals surface area contributed by atoms with Gasteiger partial charge in [0.2, 0.25) is 0 Å². The van der Waals surface area contributed by atoms with E-state index in [0.29, 0.717) is 5.92 Å². The molecule has 0 unspecified atom stereocenters. The summed E-state index contributed by atoms with van der Waals surface area (Å²) < 4.78 is 0. The average Bonchev–Trinajstić information content (AvgIpc) is 3.44. The van der Waals surface area contributed by atoms with Crippen molar-refractivity contribution in [2.45, 2.75) is 58.4 Å². The third kappa shape index (κ3) is 4.57. The number of H-pyrrole nitrogens is 1. The van der Waals surface area contributed by atoms with Gasteiger partial charge in [0.05, 0.1) is 11.0 Å². The van der Waals surface area contributed by atoms with Gasteiger partial charge in [-0.25, -0.2) is 9.97 Å². The summed E-state index contributed by atoms with van der Waals surface area (Å²) in [6, 6.07) is 5.51. The van der Waals surface area contributed by atoms with Gasteiger partial charge in [-0.15, -0.1) is 11.3 Å². The van der Waals surface area contributed by atoms with Crippen molar-refractivity contribution < 1.29 is 0 Å². The molecule has 1 N–H and O–H groups in total. The molecule has 4 heterocycles. The van der Waals surface area contributed by atoms with Gasteiger partial charge in [-0.1, -0.05) is 19.9 Å². The van der Waals surface area contributed by atoms with Crippen molar-refractivity contribution >= 4 is 22.4 Å². The van der Waals surface area contributed by atoms with E-state index in [-0.39, 0.29) is 0 Å². The number of nitrogens with zero attached hydrogens (tertiary/aromatic N) is 4. The summed E-state index contributed by atoms with van der Waals surface area (Å²) in [4.78, 5) is 18.2. The van der Waals surface area contributed by atoms with E-state index >= 15 is 0 Å². The summed E-state index contributed by atoms with van der Waals surface area (Å²) >= 11 is 1.63. The second kappa shape index (κ2) is 9.00. The fraction of sp³-hybridized carbons (Fsp3) is 0.600. The summed E-state index contributed by atoms with van der Waals surface area (Å²) in [5.41, 5.74) is 4.98. The zero-order valence-corrected chi connectivity index (χ0v) is 19.9. The van der Waals surface area contributed by atoms with E-state index in [4.69, 9.17) is 4.98 Å². The fourth-order valence-electron chi connectivity index (χ4n) is 5.58. The summed E-state index contributed by atoms with van der Waals surface area (Å²) in [6.45, 7) is 13.2. The Morgan fingerprint density at radius 3 is 2.55 bits per heavy atom. The minimum absolute atomic E-state index is 0.659. The Bertz CT molecular complexity index is 993. The lowest BCUT2D eigenvalue weighted by atomic mass is 9.87. The van der Waals surface area contributed by atoms with Gasteiger partial charge >= 0.3 is 0 Å². The Hall–Kier alpha value is -1.76. The van der Waals surface area contributed by atoms with Crippen LogP contribution in [0.3, 0.4) is 0 Å². The second-order valence-corrected chi connectivity index (χ2v) is 10.8. The van der Waals surface area contributed by atoms with E-state index in [0.717, 1.165) is 33.8 Å². The van der Waals surface area contributed by atoms with Gasteiger partial charge < -0.3 is 14.8 Å². The summed E-state index contributed by atoms with van der Waals surface area (Å²) in [5, 5.41) is 2.97. The summed E-state index contributed by atoms with van der Waals surface area (Å²) in [5.74, 6) is 2.33. The number of aromatic amines is 1. The van der Waals surface area contributed by atoms with E-state index in [2.05, 4.69) is 52.7 Å². The summed E-state index contributed by atoms with van der Waals surface area (Å²) in [7, 11) is 0. The third-order valence-electron chi connectivity index (χ3n) is 7.13. The Morgan fingerprint density at radius 1 is 1.10 bits per heavy atom. The minimum atomic E-state index is 0.659. The van der Waals surface area contributed by atoms with Gasteiger partial charge in [0.25, 0.3) is 0 Å². The molecule has 166 valence electrons. The normalized spacial score (nSPS) is 20.3. The van der Waals surface area contributed by atoms with Gasteiger partial charge in [0.15, 0.2) is 10.8 Å². The first-order chi connectivity index (χ1) is 15.1. The predicted octanol–water partition coefficient (Wildman–Crippen LogP) is 5.29. The molecular formula is C25H35N5S. The molecule has 6 heteroatoms. The number of hydrogen-bond acceptors (Lipinski definition) is 5. The number of likely N-dealkylation sites (tertiary alicyclic amines) is 2. The first kappa shape index (κ1) is 21.1. The largest absolute Gasteiger partial charge is 0.336 e. The number of thiazole rings is 1. The molecule has 0 radical (unpaired) electrons. The van der Waals surface area contributed by atoms with E-state index in [1.54, 1.807) is 11.3 Å². The quantitative estimate of drug-likeness (QED) is 0.589. The lowest BCUT2D eigenvalue weighted by Crippen LogP contribution is -2.48. The molecule has 2 aliphatic rings. The number of aromatic nitrogens is 3. The smallest absolute Gasteiger partial charge is 0.167 e. The molecule has 2 aromatic heterocycles. The van der Waals surface area contributed by atoms with E-state index < -0.39 is 0 Å². The van der Waals surface area contributed by atoms with Crippen LogP contribution in [0.1, 0.15) is 56.6 Å². The van der Waals surface area contributed by atoms with Crippen LogP contribution in [0.5, 0.6) is 0 Å². The van der Waals surface area contributed by atoms with Gasteiger partial charge in [0.1, 0.15) is 0 Å². The number of hydrogen-bond donors (Lipinski definition) is 1. The van der Waals surface area contributed by atoms with E-state index in [1.807, 2.05) is 11.6 Å². The van der Waals surface area contributed by atoms with Crippen LogP contribution < -0.4 is 0 Å². The van der Waals surface area contributed by atoms with Crippen LogP contribution in [0, 0.1) is 12.8 Å². The van der Waals surface area contributed by atoms with E-state index in [9.17, 15) is 0 Å². The highest BCUT2D eigenvalue weighted by molar-refractivity contribution is 7.13. The predicted molar refractivity (Wildman–Crippen MR) is 130 cm³/mol. The Balaban J connectivity index is 1.22. The van der Waals surface area contributed by atoms with Gasteiger partial charge in [-0.05, 0) is 87.8 Å². The molecule has 0 spiro atoms. The topological polar surface area (TPSA) is 48.0 Å². The monoisotopic (exact) mass is 437 g/mol. The lowest BCUT2D eigenvalue weighted by molar-refractivity contribution is 0.0828. The zero-order valence-electron chi connectivity index (χ0n) is 19.1. The molecule has 3 aromatic rings. The molecule has 1 aromatic carbocycles. The fourth-order valence-corrected chi connectivity index (χ4v) is 6.16. The molecule has 2 saturated heterocycles. The molecule has 5 rings (SSSR count). The van der Waals surface area contributed by atoms with Crippen LogP contribution in [-0.4, -0.2) is 63.5 Å². The first-order valence-corrected chi connectivity index (χ1v) is 12.8.